The molecule has 4 nitrogen and oxygen atoms in total. The normalized spacial score (nSPS) is 11.9. The van der Waals surface area contributed by atoms with Crippen LogP contribution in [0.5, 0.6) is 0 Å². The predicted molar refractivity (Wildman–Crippen MR) is 77.5 cm³/mol. The molecule has 0 aliphatic heterocycles. The van der Waals surface area contributed by atoms with Gasteiger partial charge in [0, 0.05) is 11.0 Å². The number of hydrogen-bond acceptors (Lipinski definition) is 2. The minimum Gasteiger partial charge on any atom is -0.481 e. The lowest BCUT2D eigenvalue weighted by Gasteiger charge is -2.13. The van der Waals surface area contributed by atoms with Crippen molar-refractivity contribution in [3.8, 4) is 0 Å². The molecule has 0 fully saturated rings. The van der Waals surface area contributed by atoms with Gasteiger partial charge in [0.1, 0.15) is 0 Å². The standard InChI is InChI=1S/C13H15BrClNO3/c1-2-4-8(13(18)19)7-16-12(17)9-5-3-6-10(14)11(9)15/h3,5-6,8H,2,4,7H2,1H3,(H,16,17)(H,18,19). The third kappa shape index (κ3) is 4.51. The van der Waals surface area contributed by atoms with Crippen LogP contribution in [-0.4, -0.2) is 23.5 Å². The SMILES string of the molecule is CCCC(CNC(=O)c1cccc(Br)c1Cl)C(=O)O. The molecule has 0 spiro atoms. The van der Waals surface area contributed by atoms with Crippen molar-refractivity contribution in [1.82, 2.24) is 5.32 Å². The van der Waals surface area contributed by atoms with E-state index in [0.29, 0.717) is 21.5 Å². The second kappa shape index (κ2) is 7.50. The fourth-order valence-corrected chi connectivity index (χ4v) is 2.23. The number of halogens is 2. The third-order valence-corrected chi connectivity index (χ3v) is 3.99. The minimum absolute atomic E-state index is 0.102. The average molecular weight is 349 g/mol. The second-order valence-corrected chi connectivity index (χ2v) is 5.37. The van der Waals surface area contributed by atoms with Crippen LogP contribution in [0.15, 0.2) is 22.7 Å². The van der Waals surface area contributed by atoms with Crippen molar-refractivity contribution < 1.29 is 14.7 Å². The van der Waals surface area contributed by atoms with Gasteiger partial charge in [0.15, 0.2) is 0 Å². The van der Waals surface area contributed by atoms with Crippen LogP contribution in [0.25, 0.3) is 0 Å². The highest BCUT2D eigenvalue weighted by molar-refractivity contribution is 9.10. The summed E-state index contributed by atoms with van der Waals surface area (Å²) in [5.74, 6) is -1.84. The molecule has 1 aromatic carbocycles. The van der Waals surface area contributed by atoms with Crippen LogP contribution in [0.1, 0.15) is 30.1 Å². The maximum Gasteiger partial charge on any atom is 0.308 e. The zero-order chi connectivity index (χ0) is 14.4. The summed E-state index contributed by atoms with van der Waals surface area (Å²) in [4.78, 5) is 22.9. The first kappa shape index (κ1) is 16.0. The Balaban J connectivity index is 2.69. The maximum atomic E-state index is 11.9. The van der Waals surface area contributed by atoms with Crippen molar-refractivity contribution in [2.75, 3.05) is 6.54 Å². The van der Waals surface area contributed by atoms with E-state index in [1.807, 2.05) is 6.92 Å². The number of hydrogen-bond donors (Lipinski definition) is 2. The largest absolute Gasteiger partial charge is 0.481 e. The third-order valence-electron chi connectivity index (χ3n) is 2.69. The summed E-state index contributed by atoms with van der Waals surface area (Å²) in [6.07, 6.45) is 1.28. The van der Waals surface area contributed by atoms with Crippen molar-refractivity contribution in [2.45, 2.75) is 19.8 Å². The van der Waals surface area contributed by atoms with Gasteiger partial charge in [0.25, 0.3) is 5.91 Å². The van der Waals surface area contributed by atoms with Crippen molar-refractivity contribution in [3.05, 3.63) is 33.3 Å². The van der Waals surface area contributed by atoms with Gasteiger partial charge in [0.2, 0.25) is 0 Å². The topological polar surface area (TPSA) is 66.4 Å². The molecule has 0 saturated carbocycles. The molecule has 1 amide bonds. The van der Waals surface area contributed by atoms with Gasteiger partial charge in [-0.1, -0.05) is 31.0 Å². The van der Waals surface area contributed by atoms with Crippen LogP contribution in [0, 0.1) is 5.92 Å². The first-order valence-electron chi connectivity index (χ1n) is 5.92. The molecular formula is C13H15BrClNO3. The number of nitrogens with one attached hydrogen (secondary N) is 1. The molecule has 1 atom stereocenters. The second-order valence-electron chi connectivity index (χ2n) is 4.14. The fourth-order valence-electron chi connectivity index (χ4n) is 1.65. The molecule has 104 valence electrons. The first-order valence-corrected chi connectivity index (χ1v) is 7.09. The Morgan fingerprint density at radius 2 is 2.16 bits per heavy atom. The molecular weight excluding hydrogens is 334 g/mol. The zero-order valence-electron chi connectivity index (χ0n) is 10.5. The summed E-state index contributed by atoms with van der Waals surface area (Å²) < 4.78 is 0.630. The van der Waals surface area contributed by atoms with Crippen LogP contribution in [-0.2, 0) is 4.79 Å². The van der Waals surface area contributed by atoms with Gasteiger partial charge in [-0.2, -0.15) is 0 Å². The molecule has 1 unspecified atom stereocenters. The predicted octanol–water partition coefficient (Wildman–Crippen LogP) is 3.33. The monoisotopic (exact) mass is 347 g/mol. The molecule has 0 radical (unpaired) electrons. The van der Waals surface area contributed by atoms with E-state index in [2.05, 4.69) is 21.2 Å². The highest BCUT2D eigenvalue weighted by atomic mass is 79.9. The number of carboxylic acid groups (broad SMARTS) is 1. The number of rotatable bonds is 6. The molecule has 1 aromatic rings. The smallest absolute Gasteiger partial charge is 0.308 e. The van der Waals surface area contributed by atoms with Gasteiger partial charge in [-0.3, -0.25) is 9.59 Å². The average Bonchev–Trinajstić information content (AvgIpc) is 2.37. The summed E-state index contributed by atoms with van der Waals surface area (Å²) in [7, 11) is 0. The molecule has 0 saturated heterocycles. The molecule has 0 aromatic heterocycles. The van der Waals surface area contributed by atoms with E-state index in [1.54, 1.807) is 18.2 Å². The van der Waals surface area contributed by atoms with Crippen molar-refractivity contribution >= 4 is 39.4 Å². The summed E-state index contributed by atoms with van der Waals surface area (Å²) in [5.41, 5.74) is 0.330. The van der Waals surface area contributed by atoms with Crippen LogP contribution in [0.3, 0.4) is 0 Å². The van der Waals surface area contributed by atoms with Gasteiger partial charge in [-0.25, -0.2) is 0 Å². The number of aliphatic carboxylic acids is 1. The first-order chi connectivity index (χ1) is 8.97. The lowest BCUT2D eigenvalue weighted by atomic mass is 10.0. The highest BCUT2D eigenvalue weighted by Gasteiger charge is 2.19. The molecule has 0 bridgehead atoms. The van der Waals surface area contributed by atoms with Crippen LogP contribution in [0.2, 0.25) is 5.02 Å². The van der Waals surface area contributed by atoms with E-state index in [4.69, 9.17) is 16.7 Å². The number of benzene rings is 1. The Morgan fingerprint density at radius 3 is 2.74 bits per heavy atom. The molecule has 0 aliphatic rings. The zero-order valence-corrected chi connectivity index (χ0v) is 12.8. The Hall–Kier alpha value is -1.07. The summed E-state index contributed by atoms with van der Waals surface area (Å²) in [6, 6.07) is 5.03. The van der Waals surface area contributed by atoms with Gasteiger partial charge < -0.3 is 10.4 Å². The Morgan fingerprint density at radius 1 is 1.47 bits per heavy atom. The summed E-state index contributed by atoms with van der Waals surface area (Å²) in [6.45, 7) is 2.01. The highest BCUT2D eigenvalue weighted by Crippen LogP contribution is 2.25. The van der Waals surface area contributed by atoms with E-state index in [1.165, 1.54) is 0 Å². The Kier molecular flexibility index (Phi) is 6.31. The quantitative estimate of drug-likeness (QED) is 0.828. The van der Waals surface area contributed by atoms with E-state index in [-0.39, 0.29) is 12.5 Å². The molecule has 6 heteroatoms. The molecule has 19 heavy (non-hydrogen) atoms. The lowest BCUT2D eigenvalue weighted by Crippen LogP contribution is -2.33. The number of carboxylic acids is 1. The van der Waals surface area contributed by atoms with Gasteiger partial charge >= 0.3 is 5.97 Å². The Bertz CT molecular complexity index is 479. The van der Waals surface area contributed by atoms with Crippen LogP contribution in [0.4, 0.5) is 0 Å². The molecule has 1 rings (SSSR count). The van der Waals surface area contributed by atoms with Crippen molar-refractivity contribution in [3.63, 3.8) is 0 Å². The van der Waals surface area contributed by atoms with Crippen molar-refractivity contribution in [1.29, 1.82) is 0 Å². The molecule has 0 aliphatic carbocycles. The summed E-state index contributed by atoms with van der Waals surface area (Å²) >= 11 is 9.24. The molecule has 2 N–H and O–H groups in total. The number of carbonyl (C=O) groups is 2. The Labute approximate surface area is 125 Å². The van der Waals surface area contributed by atoms with Gasteiger partial charge in [-0.05, 0) is 34.5 Å². The van der Waals surface area contributed by atoms with E-state index in [0.717, 1.165) is 6.42 Å². The fraction of sp³-hybridized carbons (Fsp3) is 0.385. The van der Waals surface area contributed by atoms with E-state index < -0.39 is 11.9 Å². The van der Waals surface area contributed by atoms with E-state index in [9.17, 15) is 9.59 Å². The van der Waals surface area contributed by atoms with Crippen LogP contribution < -0.4 is 5.32 Å². The van der Waals surface area contributed by atoms with Crippen LogP contribution >= 0.6 is 27.5 Å². The number of carbonyl (C=O) groups excluding carboxylic acids is 1. The number of amides is 1. The van der Waals surface area contributed by atoms with Crippen molar-refractivity contribution in [2.24, 2.45) is 5.92 Å². The van der Waals surface area contributed by atoms with E-state index >= 15 is 0 Å². The minimum atomic E-state index is -0.900. The molecule has 0 heterocycles. The van der Waals surface area contributed by atoms with Gasteiger partial charge in [-0.15, -0.1) is 0 Å². The lowest BCUT2D eigenvalue weighted by molar-refractivity contribution is -0.141. The van der Waals surface area contributed by atoms with Gasteiger partial charge in [0.05, 0.1) is 16.5 Å². The summed E-state index contributed by atoms with van der Waals surface area (Å²) in [5, 5.41) is 11.9. The maximum absolute atomic E-state index is 11.9.